The fourth-order valence-electron chi connectivity index (χ4n) is 2.97. The molecular weight excluding hydrogens is 268 g/mol. The predicted molar refractivity (Wildman–Crippen MR) is 70.4 cm³/mol. The third-order valence-electron chi connectivity index (χ3n) is 4.15. The highest BCUT2D eigenvalue weighted by atomic mass is 19.3. The van der Waals surface area contributed by atoms with Crippen LogP contribution in [0.3, 0.4) is 0 Å². The molecule has 2 amide bonds. The number of amides is 2. The van der Waals surface area contributed by atoms with Gasteiger partial charge in [0.25, 0.3) is 6.43 Å². The number of hydrogen-bond donors (Lipinski definition) is 3. The van der Waals surface area contributed by atoms with Gasteiger partial charge in [0.15, 0.2) is 0 Å². The summed E-state index contributed by atoms with van der Waals surface area (Å²) in [4.78, 5) is 12.8. The molecule has 0 aromatic rings. The third kappa shape index (κ3) is 4.56. The van der Waals surface area contributed by atoms with Gasteiger partial charge in [0.1, 0.15) is 0 Å². The maximum absolute atomic E-state index is 12.3. The molecule has 0 aromatic heterocycles. The average Bonchev–Trinajstić information content (AvgIpc) is 3.20. The van der Waals surface area contributed by atoms with Gasteiger partial charge in [-0.3, -0.25) is 0 Å². The van der Waals surface area contributed by atoms with Gasteiger partial charge in [0.2, 0.25) is 0 Å². The number of nitrogens with two attached hydrogens (primary N) is 1. The molecule has 1 saturated heterocycles. The summed E-state index contributed by atoms with van der Waals surface area (Å²) in [5.41, 5.74) is 5.30. The number of carbonyl (C=O) groups is 1. The van der Waals surface area contributed by atoms with Crippen molar-refractivity contribution < 1.29 is 18.7 Å². The summed E-state index contributed by atoms with van der Waals surface area (Å²) in [6, 6.07) is -0.707. The first kappa shape index (κ1) is 15.4. The Kier molecular flexibility index (Phi) is 5.15. The third-order valence-corrected chi connectivity index (χ3v) is 4.15. The zero-order valence-electron chi connectivity index (χ0n) is 11.5. The van der Waals surface area contributed by atoms with Gasteiger partial charge in [-0.15, -0.1) is 0 Å². The van der Waals surface area contributed by atoms with E-state index < -0.39 is 12.5 Å². The number of urea groups is 1. The first-order chi connectivity index (χ1) is 9.45. The Morgan fingerprint density at radius 3 is 2.65 bits per heavy atom. The van der Waals surface area contributed by atoms with Crippen molar-refractivity contribution in [2.75, 3.05) is 19.6 Å². The number of hydrogen-bond acceptors (Lipinski definition) is 3. The van der Waals surface area contributed by atoms with Gasteiger partial charge in [-0.05, 0) is 37.5 Å². The highest BCUT2D eigenvalue weighted by Crippen LogP contribution is 2.36. The average molecular weight is 291 g/mol. The van der Waals surface area contributed by atoms with Gasteiger partial charge in [-0.2, -0.15) is 0 Å². The molecule has 1 aliphatic carbocycles. The Hall–Kier alpha value is -0.950. The van der Waals surface area contributed by atoms with Crippen LogP contribution in [0.25, 0.3) is 0 Å². The number of likely N-dealkylation sites (tertiary alicyclic amines) is 1. The molecule has 2 fully saturated rings. The number of nitrogens with zero attached hydrogens (tertiary/aromatic N) is 1. The second-order valence-corrected chi connectivity index (χ2v) is 5.98. The smallest absolute Gasteiger partial charge is 0.314 e. The first-order valence-electron chi connectivity index (χ1n) is 7.19. The summed E-state index contributed by atoms with van der Waals surface area (Å²) < 4.78 is 24.5. The predicted octanol–water partition coefficient (Wildman–Crippen LogP) is 0.771. The van der Waals surface area contributed by atoms with Crippen LogP contribution < -0.4 is 11.1 Å². The summed E-state index contributed by atoms with van der Waals surface area (Å²) in [6.07, 6.45) is 0.667. The quantitative estimate of drug-likeness (QED) is 0.676. The van der Waals surface area contributed by atoms with Crippen molar-refractivity contribution in [1.82, 2.24) is 10.2 Å². The molecule has 7 heteroatoms. The molecule has 1 saturated carbocycles. The fraction of sp³-hybridized carbons (Fsp3) is 0.923. The molecule has 0 bridgehead atoms. The molecule has 2 aliphatic rings. The number of aliphatic hydroxyl groups excluding tert-OH is 1. The number of nitrogens with one attached hydrogen (secondary N) is 1. The van der Waals surface area contributed by atoms with E-state index in [9.17, 15) is 18.7 Å². The fourth-order valence-corrected chi connectivity index (χ4v) is 2.97. The molecule has 3 atom stereocenters. The minimum atomic E-state index is -2.41. The zero-order chi connectivity index (χ0) is 14.7. The van der Waals surface area contributed by atoms with Crippen LogP contribution >= 0.6 is 0 Å². The van der Waals surface area contributed by atoms with Crippen LogP contribution in [0.2, 0.25) is 0 Å². The summed E-state index contributed by atoms with van der Waals surface area (Å²) >= 11 is 0. The number of halogens is 2. The normalized spacial score (nSPS) is 28.7. The van der Waals surface area contributed by atoms with Gasteiger partial charge in [0.05, 0.1) is 12.6 Å². The van der Waals surface area contributed by atoms with E-state index in [0.29, 0.717) is 31.8 Å². The van der Waals surface area contributed by atoms with Gasteiger partial charge in [-0.25, -0.2) is 13.6 Å². The molecule has 0 aromatic carbocycles. The van der Waals surface area contributed by atoms with Crippen LogP contribution in [0.4, 0.5) is 13.6 Å². The molecule has 1 heterocycles. The highest BCUT2D eigenvalue weighted by Gasteiger charge is 2.35. The van der Waals surface area contributed by atoms with Crippen molar-refractivity contribution in [3.63, 3.8) is 0 Å². The van der Waals surface area contributed by atoms with Gasteiger partial charge in [-0.1, -0.05) is 0 Å². The molecule has 4 N–H and O–H groups in total. The monoisotopic (exact) mass is 291 g/mol. The number of piperidine rings is 1. The Bertz CT molecular complexity index is 340. The van der Waals surface area contributed by atoms with Gasteiger partial charge in [0, 0.05) is 19.1 Å². The van der Waals surface area contributed by atoms with Crippen molar-refractivity contribution in [2.24, 2.45) is 17.6 Å². The lowest BCUT2D eigenvalue weighted by Gasteiger charge is -2.38. The molecule has 0 radical (unpaired) electrons. The van der Waals surface area contributed by atoms with E-state index >= 15 is 0 Å². The van der Waals surface area contributed by atoms with Crippen molar-refractivity contribution in [2.45, 2.75) is 44.3 Å². The van der Waals surface area contributed by atoms with E-state index in [2.05, 4.69) is 5.32 Å². The highest BCUT2D eigenvalue weighted by molar-refractivity contribution is 5.72. The molecule has 5 nitrogen and oxygen atoms in total. The topological polar surface area (TPSA) is 78.6 Å². The minimum Gasteiger partial charge on any atom is -0.393 e. The lowest BCUT2D eigenvalue weighted by molar-refractivity contribution is 0.0792. The van der Waals surface area contributed by atoms with E-state index in [1.165, 1.54) is 4.90 Å². The van der Waals surface area contributed by atoms with E-state index in [4.69, 9.17) is 5.73 Å². The maximum atomic E-state index is 12.3. The largest absolute Gasteiger partial charge is 0.393 e. The molecule has 116 valence electrons. The number of primary amides is 1. The van der Waals surface area contributed by atoms with E-state index in [1.54, 1.807) is 0 Å². The second kappa shape index (κ2) is 6.67. The summed E-state index contributed by atoms with van der Waals surface area (Å²) in [7, 11) is 0. The Morgan fingerprint density at radius 1 is 1.40 bits per heavy atom. The minimum absolute atomic E-state index is 0.113. The van der Waals surface area contributed by atoms with Crippen molar-refractivity contribution in [3.8, 4) is 0 Å². The Labute approximate surface area is 117 Å². The van der Waals surface area contributed by atoms with E-state index in [0.717, 1.165) is 12.8 Å². The zero-order valence-corrected chi connectivity index (χ0v) is 11.5. The lowest BCUT2D eigenvalue weighted by atomic mass is 9.88. The molecule has 1 aliphatic heterocycles. The Balaban J connectivity index is 1.87. The van der Waals surface area contributed by atoms with Crippen LogP contribution in [0.5, 0.6) is 0 Å². The van der Waals surface area contributed by atoms with Gasteiger partial charge < -0.3 is 21.1 Å². The lowest BCUT2D eigenvalue weighted by Crippen LogP contribution is -2.53. The summed E-state index contributed by atoms with van der Waals surface area (Å²) in [6.45, 7) is 0.485. The van der Waals surface area contributed by atoms with Crippen molar-refractivity contribution >= 4 is 6.03 Å². The molecule has 2 rings (SSSR count). The maximum Gasteiger partial charge on any atom is 0.314 e. The molecule has 0 spiro atoms. The van der Waals surface area contributed by atoms with Crippen LogP contribution in [0.15, 0.2) is 0 Å². The van der Waals surface area contributed by atoms with Crippen LogP contribution in [0, 0.1) is 11.8 Å². The van der Waals surface area contributed by atoms with Crippen LogP contribution in [-0.2, 0) is 0 Å². The summed E-state index contributed by atoms with van der Waals surface area (Å²) in [5, 5.41) is 12.8. The molecule has 20 heavy (non-hydrogen) atoms. The SMILES string of the molecule is NC(=O)N1CC(CC(O)C2CC2)CC(NCC(F)F)C1. The molecular formula is C13H23F2N3O2. The standard InChI is InChI=1S/C13H23F2N3O2/c14-12(15)5-17-10-3-8(4-11(19)9-1-2-9)6-18(7-10)13(16)20/h8-12,17,19H,1-7H2,(H2,16,20). The second-order valence-electron chi connectivity index (χ2n) is 5.98. The number of rotatable bonds is 6. The van der Waals surface area contributed by atoms with Gasteiger partial charge >= 0.3 is 6.03 Å². The van der Waals surface area contributed by atoms with Crippen LogP contribution in [-0.4, -0.2) is 54.2 Å². The molecule has 3 unspecified atom stereocenters. The first-order valence-corrected chi connectivity index (χ1v) is 7.19. The van der Waals surface area contributed by atoms with Crippen molar-refractivity contribution in [1.29, 1.82) is 0 Å². The van der Waals surface area contributed by atoms with E-state index in [1.807, 2.05) is 0 Å². The van der Waals surface area contributed by atoms with E-state index in [-0.39, 0.29) is 24.6 Å². The number of alkyl halides is 2. The van der Waals surface area contributed by atoms with Crippen LogP contribution in [0.1, 0.15) is 25.7 Å². The van der Waals surface area contributed by atoms with Crippen molar-refractivity contribution in [3.05, 3.63) is 0 Å². The number of aliphatic hydroxyl groups is 1. The summed E-state index contributed by atoms with van der Waals surface area (Å²) in [5.74, 6) is 0.494. The Morgan fingerprint density at radius 2 is 2.10 bits per heavy atom. The number of carbonyl (C=O) groups excluding carboxylic acids is 1.